The van der Waals surface area contributed by atoms with Gasteiger partial charge in [0.25, 0.3) is 0 Å². The number of pyridine rings is 2. The maximum Gasteiger partial charge on any atom is 0.220 e. The minimum Gasteiger partial charge on any atom is -0.352 e. The van der Waals surface area contributed by atoms with E-state index in [1.807, 2.05) is 36.8 Å². The van der Waals surface area contributed by atoms with Crippen LogP contribution in [0.3, 0.4) is 0 Å². The van der Waals surface area contributed by atoms with Gasteiger partial charge in [0.15, 0.2) is 0 Å². The summed E-state index contributed by atoms with van der Waals surface area (Å²) in [4.78, 5) is 26.5. The molecule has 4 atom stereocenters. The molecule has 0 spiro atoms. The molecule has 0 aliphatic carbocycles. The summed E-state index contributed by atoms with van der Waals surface area (Å²) >= 11 is 0. The van der Waals surface area contributed by atoms with Crippen LogP contribution in [0.15, 0.2) is 49.1 Å². The summed E-state index contributed by atoms with van der Waals surface area (Å²) < 4.78 is 0. The number of nitrogens with one attached hydrogen (secondary N) is 1. The van der Waals surface area contributed by atoms with Gasteiger partial charge in [-0.3, -0.25) is 24.6 Å². The molecular weight excluding hydrogens is 410 g/mol. The van der Waals surface area contributed by atoms with Crippen LogP contribution >= 0.6 is 0 Å². The number of hydrogen-bond donors (Lipinski definition) is 1. The van der Waals surface area contributed by atoms with Gasteiger partial charge >= 0.3 is 0 Å². The molecule has 0 bridgehead atoms. The van der Waals surface area contributed by atoms with E-state index in [1.54, 1.807) is 6.20 Å². The molecule has 0 aromatic carbocycles. The van der Waals surface area contributed by atoms with Crippen molar-refractivity contribution in [2.75, 3.05) is 19.6 Å². The summed E-state index contributed by atoms with van der Waals surface area (Å²) in [5.74, 6) is 1.67. The van der Waals surface area contributed by atoms with E-state index < -0.39 is 0 Å². The predicted molar refractivity (Wildman–Crippen MR) is 129 cm³/mol. The molecule has 0 unspecified atom stereocenters. The molecule has 3 aliphatic heterocycles. The lowest BCUT2D eigenvalue weighted by molar-refractivity contribution is -0.121. The molecule has 1 N–H and O–H groups in total. The van der Waals surface area contributed by atoms with E-state index in [-0.39, 0.29) is 5.91 Å². The highest BCUT2D eigenvalue weighted by Gasteiger charge is 2.48. The minimum atomic E-state index is 0.147. The van der Waals surface area contributed by atoms with Gasteiger partial charge in [0.2, 0.25) is 5.91 Å². The maximum absolute atomic E-state index is 12.5. The first-order valence-electron chi connectivity index (χ1n) is 12.8. The van der Waals surface area contributed by atoms with Gasteiger partial charge in [-0.05, 0) is 86.7 Å². The minimum absolute atomic E-state index is 0.147. The molecule has 6 heteroatoms. The molecule has 1 amide bonds. The Kier molecular flexibility index (Phi) is 7.32. The molecule has 2 aromatic rings. The summed E-state index contributed by atoms with van der Waals surface area (Å²) in [7, 11) is 0. The number of hydrogen-bond acceptors (Lipinski definition) is 5. The monoisotopic (exact) mass is 447 g/mol. The van der Waals surface area contributed by atoms with E-state index in [0.29, 0.717) is 19.0 Å². The molecule has 6 nitrogen and oxygen atoms in total. The zero-order chi connectivity index (χ0) is 22.5. The SMILES string of the molecule is O=C(CCC[C@@H]1[C@H]2CCCN3CCC[C@@H](CN1Cc1cccnc1)[C@@H]23)NCc1cccnc1. The Balaban J connectivity index is 1.22. The second-order valence-corrected chi connectivity index (χ2v) is 10.1. The fourth-order valence-electron chi connectivity index (χ4n) is 6.65. The summed E-state index contributed by atoms with van der Waals surface area (Å²) in [5.41, 5.74) is 2.35. The standard InChI is InChI=1S/C27H37N5O/c33-26(30-18-21-6-2-12-28-16-21)11-1-10-25-24-9-5-15-31-14-4-8-23(27(24)31)20-32(25)19-22-7-3-13-29-17-22/h2-3,6-7,12-13,16-17,23-25,27H,1,4-5,8-11,14-15,18-20H2,(H,30,33)/t23-,24+,25+,27-/m0/s1. The van der Waals surface area contributed by atoms with Gasteiger partial charge in [-0.25, -0.2) is 0 Å². The number of piperidine rings is 3. The molecule has 3 saturated heterocycles. The van der Waals surface area contributed by atoms with Gasteiger partial charge in [0, 0.05) is 62.9 Å². The van der Waals surface area contributed by atoms with Crippen LogP contribution in [0.4, 0.5) is 0 Å². The van der Waals surface area contributed by atoms with Gasteiger partial charge in [-0.1, -0.05) is 12.1 Å². The Labute approximate surface area is 197 Å². The molecular formula is C27H37N5O. The Bertz CT molecular complexity index is 890. The summed E-state index contributed by atoms with van der Waals surface area (Å²) in [5, 5.41) is 3.07. The normalized spacial score (nSPS) is 27.6. The van der Waals surface area contributed by atoms with Crippen LogP contribution in [0.25, 0.3) is 0 Å². The van der Waals surface area contributed by atoms with Gasteiger partial charge < -0.3 is 5.32 Å². The predicted octanol–water partition coefficient (Wildman–Crippen LogP) is 3.64. The van der Waals surface area contributed by atoms with E-state index in [4.69, 9.17) is 0 Å². The maximum atomic E-state index is 12.5. The zero-order valence-corrected chi connectivity index (χ0v) is 19.6. The first kappa shape index (κ1) is 22.5. The lowest BCUT2D eigenvalue weighted by Crippen LogP contribution is -2.64. The van der Waals surface area contributed by atoms with Crippen molar-refractivity contribution >= 4 is 5.91 Å². The molecule has 3 fully saturated rings. The van der Waals surface area contributed by atoms with Gasteiger partial charge in [-0.2, -0.15) is 0 Å². The van der Waals surface area contributed by atoms with Crippen LogP contribution in [-0.2, 0) is 17.9 Å². The van der Waals surface area contributed by atoms with Gasteiger partial charge in [0.1, 0.15) is 0 Å². The first-order chi connectivity index (χ1) is 16.3. The number of aromatic nitrogens is 2. The van der Waals surface area contributed by atoms with Crippen molar-refractivity contribution in [1.82, 2.24) is 25.1 Å². The third-order valence-corrected chi connectivity index (χ3v) is 8.00. The Morgan fingerprint density at radius 3 is 2.55 bits per heavy atom. The molecule has 33 heavy (non-hydrogen) atoms. The topological polar surface area (TPSA) is 61.4 Å². The number of carbonyl (C=O) groups excluding carboxylic acids is 1. The fourth-order valence-corrected chi connectivity index (χ4v) is 6.65. The largest absolute Gasteiger partial charge is 0.352 e. The Morgan fingerprint density at radius 2 is 1.79 bits per heavy atom. The van der Waals surface area contributed by atoms with Crippen LogP contribution in [0.2, 0.25) is 0 Å². The Hall–Kier alpha value is -2.31. The molecule has 3 aliphatic rings. The lowest BCUT2D eigenvalue weighted by atomic mass is 9.69. The first-order valence-corrected chi connectivity index (χ1v) is 12.8. The van der Waals surface area contributed by atoms with Crippen LogP contribution in [0.5, 0.6) is 0 Å². The van der Waals surface area contributed by atoms with Crippen LogP contribution in [0, 0.1) is 11.8 Å². The summed E-state index contributed by atoms with van der Waals surface area (Å²) in [6.45, 7) is 5.29. The number of amides is 1. The molecule has 0 saturated carbocycles. The van der Waals surface area contributed by atoms with Crippen LogP contribution in [0.1, 0.15) is 56.1 Å². The van der Waals surface area contributed by atoms with Crippen molar-refractivity contribution in [2.24, 2.45) is 11.8 Å². The molecule has 2 aromatic heterocycles. The number of likely N-dealkylation sites (tertiary alicyclic amines) is 1. The van der Waals surface area contributed by atoms with Crippen molar-refractivity contribution in [2.45, 2.75) is 70.1 Å². The number of rotatable bonds is 8. The summed E-state index contributed by atoms with van der Waals surface area (Å²) in [6.07, 6.45) is 15.5. The Morgan fingerprint density at radius 1 is 1.03 bits per heavy atom. The molecule has 176 valence electrons. The smallest absolute Gasteiger partial charge is 0.220 e. The van der Waals surface area contributed by atoms with Crippen LogP contribution < -0.4 is 5.32 Å². The van der Waals surface area contributed by atoms with E-state index in [0.717, 1.165) is 42.8 Å². The number of carbonyl (C=O) groups is 1. The fraction of sp³-hybridized carbons (Fsp3) is 0.593. The highest BCUT2D eigenvalue weighted by molar-refractivity contribution is 5.75. The highest BCUT2D eigenvalue weighted by atomic mass is 16.1. The lowest BCUT2D eigenvalue weighted by Gasteiger charge is -2.57. The van der Waals surface area contributed by atoms with Crippen molar-refractivity contribution < 1.29 is 4.79 Å². The molecule has 5 heterocycles. The average Bonchev–Trinajstić information content (AvgIpc) is 2.86. The van der Waals surface area contributed by atoms with E-state index in [1.165, 1.54) is 50.9 Å². The van der Waals surface area contributed by atoms with E-state index >= 15 is 0 Å². The molecule has 0 radical (unpaired) electrons. The van der Waals surface area contributed by atoms with Crippen molar-refractivity contribution in [3.63, 3.8) is 0 Å². The third-order valence-electron chi connectivity index (χ3n) is 8.00. The quantitative estimate of drug-likeness (QED) is 0.670. The van der Waals surface area contributed by atoms with Crippen molar-refractivity contribution in [3.05, 3.63) is 60.2 Å². The van der Waals surface area contributed by atoms with E-state index in [2.05, 4.69) is 31.2 Å². The van der Waals surface area contributed by atoms with Gasteiger partial charge in [-0.15, -0.1) is 0 Å². The molecule has 5 rings (SSSR count). The average molecular weight is 448 g/mol. The number of nitrogens with zero attached hydrogens (tertiary/aromatic N) is 4. The summed E-state index contributed by atoms with van der Waals surface area (Å²) in [6, 6.07) is 9.47. The second kappa shape index (κ2) is 10.7. The third kappa shape index (κ3) is 5.44. The zero-order valence-electron chi connectivity index (χ0n) is 19.6. The van der Waals surface area contributed by atoms with Crippen molar-refractivity contribution in [1.29, 1.82) is 0 Å². The van der Waals surface area contributed by atoms with Crippen molar-refractivity contribution in [3.8, 4) is 0 Å². The van der Waals surface area contributed by atoms with Crippen LogP contribution in [-0.4, -0.2) is 57.4 Å². The van der Waals surface area contributed by atoms with E-state index in [9.17, 15) is 4.79 Å². The van der Waals surface area contributed by atoms with Gasteiger partial charge in [0.05, 0.1) is 0 Å². The second-order valence-electron chi connectivity index (χ2n) is 10.1. The highest BCUT2D eigenvalue weighted by Crippen LogP contribution is 2.43.